The van der Waals surface area contributed by atoms with Crippen molar-refractivity contribution in [2.75, 3.05) is 0 Å². The maximum Gasteiger partial charge on any atom is 0.226 e. The van der Waals surface area contributed by atoms with E-state index in [1.54, 1.807) is 0 Å². The van der Waals surface area contributed by atoms with Gasteiger partial charge in [-0.1, -0.05) is 57.5 Å². The molecule has 2 bridgehead atoms. The number of carbonyl (C=O) groups is 1. The van der Waals surface area contributed by atoms with Gasteiger partial charge in [0.15, 0.2) is 0 Å². The summed E-state index contributed by atoms with van der Waals surface area (Å²) in [7, 11) is 0. The monoisotopic (exact) mass is 408 g/mol. The summed E-state index contributed by atoms with van der Waals surface area (Å²) in [4.78, 5) is 13.6. The zero-order valence-electron chi connectivity index (χ0n) is 19.2. The molecule has 1 amide bonds. The molecule has 30 heavy (non-hydrogen) atoms. The highest BCUT2D eigenvalue weighted by Crippen LogP contribution is 2.62. The minimum absolute atomic E-state index is 0.140. The first-order valence-corrected chi connectivity index (χ1v) is 12.3. The Labute approximate surface area is 182 Å². The quantitative estimate of drug-likeness (QED) is 0.708. The number of carbonyl (C=O) groups excluding carboxylic acids is 1. The number of fused-ring (bicyclic) bond motifs is 2. The van der Waals surface area contributed by atoms with Gasteiger partial charge in [0.2, 0.25) is 5.91 Å². The Bertz CT molecular complexity index is 807. The third-order valence-electron chi connectivity index (χ3n) is 9.57. The normalized spacial score (nSPS) is 47.3. The van der Waals surface area contributed by atoms with Gasteiger partial charge in [-0.2, -0.15) is 0 Å². The number of benzene rings is 1. The van der Waals surface area contributed by atoms with E-state index in [0.29, 0.717) is 34.7 Å². The molecule has 1 aromatic carbocycles. The molecule has 1 spiro atoms. The summed E-state index contributed by atoms with van der Waals surface area (Å²) in [5.41, 5.74) is 8.21. The van der Waals surface area contributed by atoms with Gasteiger partial charge >= 0.3 is 0 Å². The highest BCUT2D eigenvalue weighted by atomic mass is 16.2. The third kappa shape index (κ3) is 3.32. The smallest absolute Gasteiger partial charge is 0.226 e. The standard InChI is InChI=1S/C27H40N2O/c1-4-24(2)10-19-11-25(3,18-27(12-19,17-24)20-8-6-5-7-9-20)23(30)29-22-15-26(16-22)13-21(28)14-26/h5-9,19,21-22H,4,10-18,28H2,1-3H3,(H,29,30)/t19?,21?,22?,24-,25?,26?,27?/m0/s1. The summed E-state index contributed by atoms with van der Waals surface area (Å²) in [6.07, 6.45) is 11.6. The predicted octanol–water partition coefficient (Wildman–Crippen LogP) is 5.33. The van der Waals surface area contributed by atoms with Crippen molar-refractivity contribution >= 4 is 5.91 Å². The van der Waals surface area contributed by atoms with Crippen LogP contribution in [-0.4, -0.2) is 18.0 Å². The Hall–Kier alpha value is -1.35. The van der Waals surface area contributed by atoms with Gasteiger partial charge in [0.1, 0.15) is 0 Å². The molecule has 4 atom stereocenters. The maximum atomic E-state index is 13.6. The van der Waals surface area contributed by atoms with E-state index in [9.17, 15) is 4.79 Å². The molecule has 4 aliphatic rings. The van der Waals surface area contributed by atoms with Gasteiger partial charge in [-0.15, -0.1) is 0 Å². The molecule has 4 fully saturated rings. The second kappa shape index (κ2) is 6.82. The Kier molecular flexibility index (Phi) is 4.67. The van der Waals surface area contributed by atoms with E-state index in [4.69, 9.17) is 5.73 Å². The van der Waals surface area contributed by atoms with Gasteiger partial charge in [-0.3, -0.25) is 4.79 Å². The molecule has 0 radical (unpaired) electrons. The average Bonchev–Trinajstić information content (AvgIpc) is 2.64. The Morgan fingerprint density at radius 3 is 2.33 bits per heavy atom. The van der Waals surface area contributed by atoms with Crippen LogP contribution in [0.15, 0.2) is 30.3 Å². The van der Waals surface area contributed by atoms with Crippen LogP contribution in [0.2, 0.25) is 0 Å². The molecule has 4 aliphatic carbocycles. The lowest BCUT2D eigenvalue weighted by Crippen LogP contribution is -2.62. The first kappa shape index (κ1) is 20.5. The Morgan fingerprint density at radius 2 is 1.70 bits per heavy atom. The minimum Gasteiger partial charge on any atom is -0.353 e. The van der Waals surface area contributed by atoms with Crippen molar-refractivity contribution in [1.29, 1.82) is 0 Å². The highest BCUT2D eigenvalue weighted by Gasteiger charge is 2.57. The van der Waals surface area contributed by atoms with E-state index in [1.165, 1.54) is 31.2 Å². The van der Waals surface area contributed by atoms with Gasteiger partial charge < -0.3 is 11.1 Å². The van der Waals surface area contributed by atoms with E-state index < -0.39 is 0 Å². The van der Waals surface area contributed by atoms with Crippen LogP contribution < -0.4 is 11.1 Å². The summed E-state index contributed by atoms with van der Waals surface area (Å²) < 4.78 is 0. The summed E-state index contributed by atoms with van der Waals surface area (Å²) in [5, 5.41) is 3.48. The molecule has 0 aromatic heterocycles. The molecular formula is C27H40N2O. The molecule has 0 saturated heterocycles. The number of rotatable bonds is 4. The Morgan fingerprint density at radius 1 is 1.00 bits per heavy atom. The lowest BCUT2D eigenvalue weighted by atomic mass is 9.46. The topological polar surface area (TPSA) is 55.1 Å². The highest BCUT2D eigenvalue weighted by molar-refractivity contribution is 5.83. The zero-order valence-corrected chi connectivity index (χ0v) is 19.2. The molecule has 3 nitrogen and oxygen atoms in total. The third-order valence-corrected chi connectivity index (χ3v) is 9.57. The summed E-state index contributed by atoms with van der Waals surface area (Å²) in [6, 6.07) is 11.9. The van der Waals surface area contributed by atoms with E-state index in [2.05, 4.69) is 56.4 Å². The van der Waals surface area contributed by atoms with Crippen LogP contribution in [0.5, 0.6) is 0 Å². The maximum absolute atomic E-state index is 13.6. The molecule has 3 N–H and O–H groups in total. The van der Waals surface area contributed by atoms with E-state index in [-0.39, 0.29) is 10.8 Å². The van der Waals surface area contributed by atoms with Crippen LogP contribution in [-0.2, 0) is 10.2 Å². The second-order valence-electron chi connectivity index (χ2n) is 12.5. The van der Waals surface area contributed by atoms with Gasteiger partial charge in [0.25, 0.3) is 0 Å². The average molecular weight is 409 g/mol. The minimum atomic E-state index is -0.257. The molecule has 0 heterocycles. The van der Waals surface area contributed by atoms with Gasteiger partial charge in [0, 0.05) is 17.5 Å². The lowest BCUT2D eigenvalue weighted by molar-refractivity contribution is -0.141. The zero-order chi connectivity index (χ0) is 21.2. The fourth-order valence-corrected chi connectivity index (χ4v) is 8.41. The van der Waals surface area contributed by atoms with Crippen LogP contribution in [0.1, 0.15) is 90.5 Å². The van der Waals surface area contributed by atoms with Crippen molar-refractivity contribution in [3.63, 3.8) is 0 Å². The number of amides is 1. The van der Waals surface area contributed by atoms with Crippen LogP contribution in [0.25, 0.3) is 0 Å². The van der Waals surface area contributed by atoms with E-state index >= 15 is 0 Å². The lowest BCUT2D eigenvalue weighted by Gasteiger charge is -2.59. The summed E-state index contributed by atoms with van der Waals surface area (Å²) in [5.74, 6) is 0.960. The molecule has 3 unspecified atom stereocenters. The molecule has 4 saturated carbocycles. The number of hydrogen-bond donors (Lipinski definition) is 2. The summed E-state index contributed by atoms with van der Waals surface area (Å²) >= 11 is 0. The SMILES string of the molecule is CC[C@@]1(C)CC2CC(C)(C(=O)NC3CC4(CC(N)C4)C3)CC(c3ccccc3)(C2)C1. The molecule has 5 rings (SSSR count). The van der Waals surface area contributed by atoms with Crippen LogP contribution in [0, 0.1) is 22.2 Å². The first-order chi connectivity index (χ1) is 14.2. The van der Waals surface area contributed by atoms with Gasteiger partial charge in [-0.25, -0.2) is 0 Å². The first-order valence-electron chi connectivity index (χ1n) is 12.3. The Balaban J connectivity index is 1.36. The molecular weight excluding hydrogens is 368 g/mol. The van der Waals surface area contributed by atoms with Crippen molar-refractivity contribution < 1.29 is 4.79 Å². The van der Waals surface area contributed by atoms with Crippen molar-refractivity contribution in [3.05, 3.63) is 35.9 Å². The van der Waals surface area contributed by atoms with Crippen molar-refractivity contribution in [1.82, 2.24) is 5.32 Å². The number of hydrogen-bond acceptors (Lipinski definition) is 2. The van der Waals surface area contributed by atoms with Gasteiger partial charge in [-0.05, 0) is 85.5 Å². The predicted molar refractivity (Wildman–Crippen MR) is 122 cm³/mol. The van der Waals surface area contributed by atoms with Crippen LogP contribution >= 0.6 is 0 Å². The second-order valence-corrected chi connectivity index (χ2v) is 12.5. The van der Waals surface area contributed by atoms with Crippen LogP contribution in [0.4, 0.5) is 0 Å². The van der Waals surface area contributed by atoms with Crippen molar-refractivity contribution in [2.45, 2.75) is 102 Å². The fraction of sp³-hybridized carbons (Fsp3) is 0.741. The van der Waals surface area contributed by atoms with Gasteiger partial charge in [0.05, 0.1) is 0 Å². The number of nitrogens with one attached hydrogen (secondary N) is 1. The van der Waals surface area contributed by atoms with Crippen molar-refractivity contribution in [2.24, 2.45) is 27.9 Å². The fourth-order valence-electron chi connectivity index (χ4n) is 8.41. The molecule has 164 valence electrons. The van der Waals surface area contributed by atoms with E-state index in [0.717, 1.165) is 38.5 Å². The molecule has 3 heteroatoms. The summed E-state index contributed by atoms with van der Waals surface area (Å²) in [6.45, 7) is 7.09. The number of nitrogens with two attached hydrogens (primary N) is 1. The van der Waals surface area contributed by atoms with Crippen molar-refractivity contribution in [3.8, 4) is 0 Å². The van der Waals surface area contributed by atoms with Crippen LogP contribution in [0.3, 0.4) is 0 Å². The largest absolute Gasteiger partial charge is 0.353 e. The molecule has 0 aliphatic heterocycles. The molecule has 1 aromatic rings. The van der Waals surface area contributed by atoms with E-state index in [1.807, 2.05) is 0 Å².